The van der Waals surface area contributed by atoms with Crippen molar-refractivity contribution in [1.82, 2.24) is 0 Å². The second-order valence-corrected chi connectivity index (χ2v) is 8.82. The van der Waals surface area contributed by atoms with Gasteiger partial charge in [-0.05, 0) is 54.0 Å². The van der Waals surface area contributed by atoms with E-state index in [9.17, 15) is 0 Å². The Morgan fingerprint density at radius 3 is 1.75 bits per heavy atom. The molecule has 3 rings (SSSR count). The maximum absolute atomic E-state index is 2.40. The lowest BCUT2D eigenvalue weighted by atomic mass is 9.82. The van der Waals surface area contributed by atoms with Crippen molar-refractivity contribution in [3.05, 3.63) is 54.1 Å². The Morgan fingerprint density at radius 1 is 0.667 bits per heavy atom. The highest BCUT2D eigenvalue weighted by Gasteiger charge is 2.23. The summed E-state index contributed by atoms with van der Waals surface area (Å²) in [6.45, 7) is 13.7. The molecule has 1 nitrogen and oxygen atoms in total. The molecular formula is C23H29N. The highest BCUT2D eigenvalue weighted by molar-refractivity contribution is 6.15. The van der Waals surface area contributed by atoms with Gasteiger partial charge in [0.15, 0.2) is 0 Å². The van der Waals surface area contributed by atoms with Crippen molar-refractivity contribution in [2.75, 3.05) is 11.9 Å². The molecular weight excluding hydrogens is 290 g/mol. The Kier molecular flexibility index (Phi) is 3.86. The molecule has 0 spiro atoms. The van der Waals surface area contributed by atoms with Gasteiger partial charge in [-0.15, -0.1) is 0 Å². The zero-order valence-electron chi connectivity index (χ0n) is 16.1. The van der Waals surface area contributed by atoms with Crippen LogP contribution in [-0.2, 0) is 5.41 Å². The van der Waals surface area contributed by atoms with E-state index in [1.807, 2.05) is 0 Å². The quantitative estimate of drug-likeness (QED) is 0.461. The zero-order chi connectivity index (χ0) is 17.7. The number of benzene rings is 3. The Balaban J connectivity index is 2.50. The minimum absolute atomic E-state index is 0.0765. The topological polar surface area (TPSA) is 3.24 Å². The van der Waals surface area contributed by atoms with Gasteiger partial charge >= 0.3 is 0 Å². The van der Waals surface area contributed by atoms with Gasteiger partial charge in [0, 0.05) is 23.7 Å². The van der Waals surface area contributed by atoms with Crippen molar-refractivity contribution in [2.45, 2.75) is 52.5 Å². The Bertz CT molecular complexity index is 891. The van der Waals surface area contributed by atoms with Gasteiger partial charge in [0.1, 0.15) is 0 Å². The second kappa shape index (κ2) is 5.51. The molecule has 3 aromatic rings. The third kappa shape index (κ3) is 2.77. The molecule has 3 aromatic carbocycles. The first kappa shape index (κ1) is 16.8. The lowest BCUT2D eigenvalue weighted by Gasteiger charge is -2.35. The summed E-state index contributed by atoms with van der Waals surface area (Å²) in [5, 5.41) is 5.41. The second-order valence-electron chi connectivity index (χ2n) is 8.82. The van der Waals surface area contributed by atoms with Crippen LogP contribution < -0.4 is 4.90 Å². The summed E-state index contributed by atoms with van der Waals surface area (Å²) < 4.78 is 0. The number of fused-ring (bicyclic) bond motifs is 3. The molecule has 0 saturated carbocycles. The first-order valence-electron chi connectivity index (χ1n) is 8.79. The van der Waals surface area contributed by atoms with Crippen LogP contribution in [0.4, 0.5) is 5.69 Å². The minimum Gasteiger partial charge on any atom is -0.369 e. The highest BCUT2D eigenvalue weighted by atomic mass is 15.2. The smallest absolute Gasteiger partial charge is 0.0454 e. The van der Waals surface area contributed by atoms with E-state index in [0.29, 0.717) is 0 Å². The van der Waals surface area contributed by atoms with Crippen LogP contribution in [0.2, 0.25) is 0 Å². The van der Waals surface area contributed by atoms with Crippen molar-refractivity contribution in [1.29, 1.82) is 0 Å². The standard InChI is InChI=1S/C23H29N/c1-22(2,3)18-12-8-10-16-14-15-17-11-9-13-19(21(17)20(16)18)24(7)23(4,5)6/h8-15H,1-7H3. The molecule has 0 heterocycles. The average molecular weight is 319 g/mol. The van der Waals surface area contributed by atoms with Crippen LogP contribution in [0.3, 0.4) is 0 Å². The fourth-order valence-electron chi connectivity index (χ4n) is 3.40. The van der Waals surface area contributed by atoms with E-state index < -0.39 is 0 Å². The molecule has 0 fully saturated rings. The van der Waals surface area contributed by atoms with Crippen LogP contribution in [0.15, 0.2) is 48.5 Å². The van der Waals surface area contributed by atoms with Gasteiger partial charge < -0.3 is 4.90 Å². The summed E-state index contributed by atoms with van der Waals surface area (Å²) in [6.07, 6.45) is 0. The molecule has 0 unspecified atom stereocenters. The van der Waals surface area contributed by atoms with Crippen molar-refractivity contribution in [3.63, 3.8) is 0 Å². The van der Waals surface area contributed by atoms with Gasteiger partial charge in [0.2, 0.25) is 0 Å². The summed E-state index contributed by atoms with van der Waals surface area (Å²) in [5.74, 6) is 0. The van der Waals surface area contributed by atoms with Crippen LogP contribution in [0.1, 0.15) is 47.1 Å². The summed E-state index contributed by atoms with van der Waals surface area (Å²) >= 11 is 0. The maximum atomic E-state index is 2.40. The Morgan fingerprint density at radius 2 is 1.21 bits per heavy atom. The third-order valence-corrected chi connectivity index (χ3v) is 5.04. The fourth-order valence-corrected chi connectivity index (χ4v) is 3.40. The third-order valence-electron chi connectivity index (χ3n) is 5.04. The van der Waals surface area contributed by atoms with Crippen LogP contribution in [0.25, 0.3) is 21.5 Å². The average Bonchev–Trinajstić information content (AvgIpc) is 2.51. The van der Waals surface area contributed by atoms with Crippen LogP contribution in [0, 0.1) is 0 Å². The first-order chi connectivity index (χ1) is 11.1. The monoisotopic (exact) mass is 319 g/mol. The van der Waals surface area contributed by atoms with Gasteiger partial charge in [-0.1, -0.05) is 63.2 Å². The van der Waals surface area contributed by atoms with E-state index in [1.54, 1.807) is 0 Å². The van der Waals surface area contributed by atoms with Gasteiger partial charge in [-0.2, -0.15) is 0 Å². The SMILES string of the molecule is CN(c1cccc2ccc3cccc(C(C)(C)C)c3c12)C(C)(C)C. The van der Waals surface area contributed by atoms with Crippen LogP contribution >= 0.6 is 0 Å². The molecule has 0 aliphatic carbocycles. The number of anilines is 1. The number of hydrogen-bond acceptors (Lipinski definition) is 1. The maximum Gasteiger partial charge on any atom is 0.0454 e. The number of hydrogen-bond donors (Lipinski definition) is 0. The largest absolute Gasteiger partial charge is 0.369 e. The molecule has 0 aliphatic rings. The molecule has 24 heavy (non-hydrogen) atoms. The summed E-state index contributed by atoms with van der Waals surface area (Å²) in [5.41, 5.74) is 2.91. The summed E-state index contributed by atoms with van der Waals surface area (Å²) in [7, 11) is 2.20. The molecule has 1 heteroatoms. The lowest BCUT2D eigenvalue weighted by molar-refractivity contribution is 0.540. The zero-order valence-corrected chi connectivity index (χ0v) is 16.1. The van der Waals surface area contributed by atoms with Gasteiger partial charge in [0.25, 0.3) is 0 Å². The number of rotatable bonds is 1. The fraction of sp³-hybridized carbons (Fsp3) is 0.391. The van der Waals surface area contributed by atoms with Crippen LogP contribution in [0.5, 0.6) is 0 Å². The molecule has 126 valence electrons. The van der Waals surface area contributed by atoms with E-state index in [2.05, 4.69) is 102 Å². The van der Waals surface area contributed by atoms with Crippen molar-refractivity contribution >= 4 is 27.2 Å². The van der Waals surface area contributed by atoms with E-state index in [1.165, 1.54) is 32.8 Å². The lowest BCUT2D eigenvalue weighted by Crippen LogP contribution is -2.38. The van der Waals surface area contributed by atoms with Gasteiger partial charge in [-0.3, -0.25) is 0 Å². The van der Waals surface area contributed by atoms with Gasteiger partial charge in [-0.25, -0.2) is 0 Å². The molecule has 0 radical (unpaired) electrons. The van der Waals surface area contributed by atoms with Crippen molar-refractivity contribution in [2.24, 2.45) is 0 Å². The molecule has 0 aliphatic heterocycles. The van der Waals surface area contributed by atoms with Crippen LogP contribution in [-0.4, -0.2) is 12.6 Å². The summed E-state index contributed by atoms with van der Waals surface area (Å²) in [4.78, 5) is 2.40. The molecule has 0 bridgehead atoms. The predicted octanol–water partition coefficient (Wildman–Crippen LogP) is 6.53. The van der Waals surface area contributed by atoms with Gasteiger partial charge in [0.05, 0.1) is 0 Å². The molecule has 0 amide bonds. The van der Waals surface area contributed by atoms with E-state index in [4.69, 9.17) is 0 Å². The van der Waals surface area contributed by atoms with Crippen molar-refractivity contribution in [3.8, 4) is 0 Å². The molecule has 0 aromatic heterocycles. The van der Waals surface area contributed by atoms with E-state index in [0.717, 1.165) is 0 Å². The van der Waals surface area contributed by atoms with E-state index in [-0.39, 0.29) is 11.0 Å². The normalized spacial score (nSPS) is 12.8. The predicted molar refractivity (Wildman–Crippen MR) is 108 cm³/mol. The van der Waals surface area contributed by atoms with Crippen molar-refractivity contribution < 1.29 is 0 Å². The number of nitrogens with zero attached hydrogens (tertiary/aromatic N) is 1. The molecule has 0 saturated heterocycles. The Labute approximate surface area is 146 Å². The first-order valence-corrected chi connectivity index (χ1v) is 8.79. The Hall–Kier alpha value is -2.02. The summed E-state index contributed by atoms with van der Waals surface area (Å²) in [6, 6.07) is 17.9. The highest BCUT2D eigenvalue weighted by Crippen LogP contribution is 2.40. The molecule has 0 atom stereocenters. The minimum atomic E-state index is 0.0765. The molecule has 0 N–H and O–H groups in total. The van der Waals surface area contributed by atoms with E-state index >= 15 is 0 Å².